The Morgan fingerprint density at radius 1 is 1.00 bits per heavy atom. The van der Waals surface area contributed by atoms with E-state index in [-0.39, 0.29) is 0 Å². The number of para-hydroxylation sites is 1. The quantitative estimate of drug-likeness (QED) is 0.503. The molecule has 0 unspecified atom stereocenters. The van der Waals surface area contributed by atoms with E-state index >= 15 is 0 Å². The van der Waals surface area contributed by atoms with Gasteiger partial charge in [0.2, 0.25) is 5.88 Å². The predicted molar refractivity (Wildman–Crippen MR) is 103 cm³/mol. The lowest BCUT2D eigenvalue weighted by atomic mass is 10.1. The van der Waals surface area contributed by atoms with E-state index in [1.54, 1.807) is 17.5 Å². The molecule has 0 radical (unpaired) electrons. The maximum absolute atomic E-state index is 5.90. The minimum absolute atomic E-state index is 0.529. The van der Waals surface area contributed by atoms with Crippen LogP contribution in [0.2, 0.25) is 0 Å². The van der Waals surface area contributed by atoms with Gasteiger partial charge in [-0.1, -0.05) is 35.6 Å². The van der Waals surface area contributed by atoms with Crippen LogP contribution >= 0.6 is 11.3 Å². The van der Waals surface area contributed by atoms with E-state index in [9.17, 15) is 0 Å². The highest BCUT2D eigenvalue weighted by molar-refractivity contribution is 7.22. The number of nitrogens with one attached hydrogen (secondary N) is 1. The van der Waals surface area contributed by atoms with Gasteiger partial charge in [0.1, 0.15) is 11.4 Å². The van der Waals surface area contributed by atoms with Crippen LogP contribution in [0.3, 0.4) is 0 Å². The van der Waals surface area contributed by atoms with Crippen molar-refractivity contribution >= 4 is 32.4 Å². The van der Waals surface area contributed by atoms with Crippen molar-refractivity contribution in [3.8, 4) is 11.6 Å². The normalized spacial score (nSPS) is 10.8. The molecular formula is C20H17N3OS. The van der Waals surface area contributed by atoms with E-state index in [0.29, 0.717) is 5.88 Å². The van der Waals surface area contributed by atoms with Crippen LogP contribution in [0.15, 0.2) is 60.8 Å². The molecule has 0 aliphatic heterocycles. The van der Waals surface area contributed by atoms with E-state index in [1.807, 2.05) is 42.5 Å². The van der Waals surface area contributed by atoms with Crippen LogP contribution in [0.25, 0.3) is 10.2 Å². The Labute approximate surface area is 150 Å². The average molecular weight is 347 g/mol. The molecule has 0 fully saturated rings. The first-order valence-electron chi connectivity index (χ1n) is 8.02. The number of thiazole rings is 1. The Kier molecular flexibility index (Phi) is 4.07. The number of rotatable bonds is 4. The number of anilines is 2. The zero-order valence-electron chi connectivity index (χ0n) is 14.0. The molecule has 0 bridgehead atoms. The first-order valence-corrected chi connectivity index (χ1v) is 8.83. The van der Waals surface area contributed by atoms with E-state index in [0.717, 1.165) is 22.1 Å². The van der Waals surface area contributed by atoms with Crippen molar-refractivity contribution in [2.24, 2.45) is 0 Å². The topological polar surface area (TPSA) is 47.0 Å². The van der Waals surface area contributed by atoms with E-state index < -0.39 is 0 Å². The van der Waals surface area contributed by atoms with Crippen molar-refractivity contribution in [3.63, 3.8) is 0 Å². The molecule has 0 saturated carbocycles. The minimum Gasteiger partial charge on any atom is -0.437 e. The molecule has 25 heavy (non-hydrogen) atoms. The lowest BCUT2D eigenvalue weighted by molar-refractivity contribution is 0.465. The van der Waals surface area contributed by atoms with Crippen molar-refractivity contribution in [2.45, 2.75) is 13.8 Å². The third-order valence-corrected chi connectivity index (χ3v) is 4.72. The highest BCUT2D eigenvalue weighted by Crippen LogP contribution is 2.34. The largest absolute Gasteiger partial charge is 0.437 e. The number of hydrogen-bond acceptors (Lipinski definition) is 5. The van der Waals surface area contributed by atoms with Crippen LogP contribution in [0.4, 0.5) is 10.8 Å². The molecule has 124 valence electrons. The lowest BCUT2D eigenvalue weighted by Gasteiger charge is -2.09. The monoisotopic (exact) mass is 347 g/mol. The lowest BCUT2D eigenvalue weighted by Crippen LogP contribution is -1.95. The first kappa shape index (κ1) is 15.6. The molecule has 1 N–H and O–H groups in total. The summed E-state index contributed by atoms with van der Waals surface area (Å²) in [7, 11) is 0. The maximum atomic E-state index is 5.90. The third kappa shape index (κ3) is 3.32. The van der Waals surface area contributed by atoms with Crippen molar-refractivity contribution in [1.82, 2.24) is 9.97 Å². The summed E-state index contributed by atoms with van der Waals surface area (Å²) in [4.78, 5) is 9.07. The number of fused-ring (bicyclic) bond motifs is 1. The van der Waals surface area contributed by atoms with E-state index in [1.165, 1.54) is 15.8 Å². The Morgan fingerprint density at radius 3 is 2.68 bits per heavy atom. The van der Waals surface area contributed by atoms with Gasteiger partial charge in [0.05, 0.1) is 10.2 Å². The van der Waals surface area contributed by atoms with Crippen LogP contribution in [-0.2, 0) is 0 Å². The fourth-order valence-corrected chi connectivity index (χ4v) is 3.76. The molecule has 0 aliphatic rings. The Hall–Kier alpha value is -2.92. The molecule has 0 atom stereocenters. The van der Waals surface area contributed by atoms with Crippen molar-refractivity contribution in [1.29, 1.82) is 0 Å². The second-order valence-corrected chi connectivity index (χ2v) is 6.87. The predicted octanol–water partition coefficient (Wildman–Crippen LogP) is 5.84. The molecule has 2 aromatic carbocycles. The highest BCUT2D eigenvalue weighted by Gasteiger charge is 2.11. The van der Waals surface area contributed by atoms with Gasteiger partial charge in [-0.3, -0.25) is 0 Å². The molecule has 0 amide bonds. The van der Waals surface area contributed by atoms with Crippen molar-refractivity contribution in [3.05, 3.63) is 71.9 Å². The zero-order valence-corrected chi connectivity index (χ0v) is 14.8. The van der Waals surface area contributed by atoms with Crippen LogP contribution in [0.1, 0.15) is 11.1 Å². The number of hydrogen-bond donors (Lipinski definition) is 1. The molecule has 2 heterocycles. The molecule has 0 saturated heterocycles. The fourth-order valence-electron chi connectivity index (χ4n) is 2.71. The number of pyridine rings is 1. The Bertz CT molecular complexity index is 1030. The molecule has 4 rings (SSSR count). The number of aryl methyl sites for hydroxylation is 2. The summed E-state index contributed by atoms with van der Waals surface area (Å²) >= 11 is 1.63. The van der Waals surface area contributed by atoms with Crippen LogP contribution in [0, 0.1) is 13.8 Å². The van der Waals surface area contributed by atoms with Crippen molar-refractivity contribution < 1.29 is 4.74 Å². The molecular weight excluding hydrogens is 330 g/mol. The maximum Gasteiger partial charge on any atom is 0.243 e. The van der Waals surface area contributed by atoms with Gasteiger partial charge in [-0.05, 0) is 55.3 Å². The number of ether oxygens (including phenoxy) is 1. The van der Waals surface area contributed by atoms with Crippen LogP contribution in [0.5, 0.6) is 11.6 Å². The molecule has 2 aromatic heterocycles. The summed E-state index contributed by atoms with van der Waals surface area (Å²) < 4.78 is 7.08. The summed E-state index contributed by atoms with van der Waals surface area (Å²) in [5.74, 6) is 1.28. The average Bonchev–Trinajstić information content (AvgIpc) is 3.00. The molecule has 4 aromatic rings. The SMILES string of the molecule is Cc1cc(C)c2nc(Nc3cccnc3Oc3ccccc3)sc2c1. The van der Waals surface area contributed by atoms with Gasteiger partial charge in [-0.2, -0.15) is 0 Å². The summed E-state index contributed by atoms with van der Waals surface area (Å²) in [6, 6.07) is 17.8. The minimum atomic E-state index is 0.529. The smallest absolute Gasteiger partial charge is 0.243 e. The molecule has 0 spiro atoms. The van der Waals surface area contributed by atoms with E-state index in [2.05, 4.69) is 36.3 Å². The summed E-state index contributed by atoms with van der Waals surface area (Å²) in [6.45, 7) is 4.19. The summed E-state index contributed by atoms with van der Waals surface area (Å²) in [5, 5.41) is 4.18. The third-order valence-electron chi connectivity index (χ3n) is 3.80. The van der Waals surface area contributed by atoms with Crippen LogP contribution < -0.4 is 10.1 Å². The van der Waals surface area contributed by atoms with Crippen molar-refractivity contribution in [2.75, 3.05) is 5.32 Å². The molecule has 4 nitrogen and oxygen atoms in total. The number of aromatic nitrogens is 2. The van der Waals surface area contributed by atoms with Gasteiger partial charge in [0, 0.05) is 6.20 Å². The van der Waals surface area contributed by atoms with Gasteiger partial charge in [-0.25, -0.2) is 9.97 Å². The first-order chi connectivity index (χ1) is 12.2. The van der Waals surface area contributed by atoms with Gasteiger partial charge >= 0.3 is 0 Å². The van der Waals surface area contributed by atoms with Gasteiger partial charge in [0.15, 0.2) is 5.13 Å². The van der Waals surface area contributed by atoms with Gasteiger partial charge in [-0.15, -0.1) is 0 Å². The molecule has 5 heteroatoms. The van der Waals surface area contributed by atoms with Gasteiger partial charge < -0.3 is 10.1 Å². The number of benzene rings is 2. The Morgan fingerprint density at radius 2 is 1.84 bits per heavy atom. The molecule has 0 aliphatic carbocycles. The van der Waals surface area contributed by atoms with Gasteiger partial charge in [0.25, 0.3) is 0 Å². The van der Waals surface area contributed by atoms with Crippen LogP contribution in [-0.4, -0.2) is 9.97 Å². The standard InChI is InChI=1S/C20H17N3OS/c1-13-11-14(2)18-17(12-13)25-20(23-18)22-16-9-6-10-21-19(16)24-15-7-4-3-5-8-15/h3-12H,1-2H3,(H,22,23). The highest BCUT2D eigenvalue weighted by atomic mass is 32.1. The van der Waals surface area contributed by atoms with E-state index in [4.69, 9.17) is 9.72 Å². The second kappa shape index (κ2) is 6.53. The second-order valence-electron chi connectivity index (χ2n) is 5.84. The number of nitrogens with zero attached hydrogens (tertiary/aromatic N) is 2. The Balaban J connectivity index is 1.66. The summed E-state index contributed by atoms with van der Waals surface area (Å²) in [6.07, 6.45) is 1.72. The zero-order chi connectivity index (χ0) is 17.2. The fraction of sp³-hybridized carbons (Fsp3) is 0.100. The summed E-state index contributed by atoms with van der Waals surface area (Å²) in [5.41, 5.74) is 4.26.